The van der Waals surface area contributed by atoms with Gasteiger partial charge in [-0.25, -0.2) is 0 Å². The molecule has 160 valence electrons. The van der Waals surface area contributed by atoms with Crippen LogP contribution in [-0.4, -0.2) is 37.3 Å². The zero-order valence-corrected chi connectivity index (χ0v) is 16.5. The summed E-state index contributed by atoms with van der Waals surface area (Å²) in [4.78, 5) is 20.7. The Hall–Kier alpha value is -4.58. The topological polar surface area (TPSA) is 171 Å². The summed E-state index contributed by atoms with van der Waals surface area (Å²) in [5.74, 6) is 0.512. The molecule has 0 aliphatic heterocycles. The minimum atomic E-state index is -0.689. The first-order chi connectivity index (χ1) is 14.9. The van der Waals surface area contributed by atoms with Gasteiger partial charge < -0.3 is 18.9 Å². The molecular formula is C19H16N4O8. The molecular weight excluding hydrogens is 412 g/mol. The third-order valence-electron chi connectivity index (χ3n) is 4.00. The number of nitrogens with zero attached hydrogens (tertiary/aromatic N) is 4. The van der Waals surface area contributed by atoms with Crippen LogP contribution >= 0.6 is 0 Å². The first kappa shape index (κ1) is 22.7. The summed E-state index contributed by atoms with van der Waals surface area (Å²) in [5.41, 5.74) is -1.13. The summed E-state index contributed by atoms with van der Waals surface area (Å²) >= 11 is 0. The van der Waals surface area contributed by atoms with Crippen LogP contribution in [0.25, 0.3) is 0 Å². The van der Waals surface area contributed by atoms with Gasteiger partial charge in [0, 0.05) is 18.6 Å². The van der Waals surface area contributed by atoms with Crippen molar-refractivity contribution in [2.75, 3.05) is 27.4 Å². The lowest BCUT2D eigenvalue weighted by molar-refractivity contribution is -0.385. The Bertz CT molecular complexity index is 1000. The summed E-state index contributed by atoms with van der Waals surface area (Å²) in [7, 11) is 2.63. The first-order valence-electron chi connectivity index (χ1n) is 8.64. The second kappa shape index (κ2) is 10.3. The van der Waals surface area contributed by atoms with E-state index < -0.39 is 21.2 Å². The van der Waals surface area contributed by atoms with Crippen molar-refractivity contribution in [2.24, 2.45) is 0 Å². The standard InChI is InChI=1S/C19H16N4O8/c1-28-16-8-14(22(24)25)12(10-20)6-18(16)30-4-3-5-31-19-7-13(11-21)15(23(26)27)9-17(19)29-2/h6-9H,3-5H2,1-2H3. The fourth-order valence-electron chi connectivity index (χ4n) is 2.55. The summed E-state index contributed by atoms with van der Waals surface area (Å²) in [5, 5.41) is 40.2. The normalized spacial score (nSPS) is 9.81. The molecule has 0 amide bonds. The van der Waals surface area contributed by atoms with Gasteiger partial charge in [0.1, 0.15) is 23.3 Å². The smallest absolute Gasteiger partial charge is 0.291 e. The highest BCUT2D eigenvalue weighted by atomic mass is 16.6. The Morgan fingerprint density at radius 3 is 1.45 bits per heavy atom. The molecule has 0 bridgehead atoms. The second-order valence-electron chi connectivity index (χ2n) is 5.83. The highest BCUT2D eigenvalue weighted by Gasteiger charge is 2.21. The molecule has 0 N–H and O–H groups in total. The number of methoxy groups -OCH3 is 2. The lowest BCUT2D eigenvalue weighted by Gasteiger charge is -2.13. The van der Waals surface area contributed by atoms with E-state index in [1.54, 1.807) is 12.1 Å². The number of nitro benzene ring substituents is 2. The van der Waals surface area contributed by atoms with Gasteiger partial charge in [-0.1, -0.05) is 0 Å². The molecule has 0 atom stereocenters. The van der Waals surface area contributed by atoms with E-state index in [9.17, 15) is 20.2 Å². The van der Waals surface area contributed by atoms with E-state index in [1.807, 2.05) is 0 Å². The van der Waals surface area contributed by atoms with Gasteiger partial charge >= 0.3 is 0 Å². The van der Waals surface area contributed by atoms with E-state index >= 15 is 0 Å². The number of nitro groups is 2. The van der Waals surface area contributed by atoms with Gasteiger partial charge in [-0.05, 0) is 0 Å². The number of rotatable bonds is 10. The molecule has 0 heterocycles. The van der Waals surface area contributed by atoms with Crippen LogP contribution in [0, 0.1) is 42.9 Å². The number of hydrogen-bond donors (Lipinski definition) is 0. The van der Waals surface area contributed by atoms with Crippen LogP contribution in [0.15, 0.2) is 24.3 Å². The number of ether oxygens (including phenoxy) is 4. The number of hydrogen-bond acceptors (Lipinski definition) is 10. The summed E-state index contributed by atoms with van der Waals surface area (Å²) in [6.45, 7) is 0.221. The Morgan fingerprint density at radius 1 is 0.774 bits per heavy atom. The molecule has 2 aromatic carbocycles. The van der Waals surface area contributed by atoms with Crippen molar-refractivity contribution in [1.82, 2.24) is 0 Å². The second-order valence-corrected chi connectivity index (χ2v) is 5.83. The van der Waals surface area contributed by atoms with Crippen LogP contribution in [0.5, 0.6) is 23.0 Å². The van der Waals surface area contributed by atoms with Crippen LogP contribution in [0.4, 0.5) is 11.4 Å². The van der Waals surface area contributed by atoms with E-state index in [-0.39, 0.29) is 47.3 Å². The average Bonchev–Trinajstić information content (AvgIpc) is 2.77. The highest BCUT2D eigenvalue weighted by molar-refractivity contribution is 5.59. The van der Waals surface area contributed by atoms with Crippen molar-refractivity contribution >= 4 is 11.4 Å². The Morgan fingerprint density at radius 2 is 1.16 bits per heavy atom. The average molecular weight is 428 g/mol. The van der Waals surface area contributed by atoms with Crippen molar-refractivity contribution in [2.45, 2.75) is 6.42 Å². The van der Waals surface area contributed by atoms with Gasteiger partial charge in [-0.2, -0.15) is 10.5 Å². The van der Waals surface area contributed by atoms with Gasteiger partial charge in [-0.3, -0.25) is 20.2 Å². The van der Waals surface area contributed by atoms with E-state index in [1.165, 1.54) is 26.4 Å². The molecule has 0 saturated heterocycles. The zero-order chi connectivity index (χ0) is 23.0. The first-order valence-corrected chi connectivity index (χ1v) is 8.64. The SMILES string of the molecule is COc1cc([N+](=O)[O-])c(C#N)cc1OCCCOc1cc(C#N)c([N+](=O)[O-])cc1OC. The monoisotopic (exact) mass is 428 g/mol. The maximum atomic E-state index is 11.0. The van der Waals surface area contributed by atoms with Gasteiger partial charge in [0.25, 0.3) is 11.4 Å². The van der Waals surface area contributed by atoms with E-state index in [0.29, 0.717) is 6.42 Å². The number of nitriles is 2. The molecule has 0 aromatic heterocycles. The van der Waals surface area contributed by atoms with E-state index in [2.05, 4.69) is 0 Å². The molecule has 2 rings (SSSR count). The molecule has 2 aromatic rings. The summed E-state index contributed by atoms with van der Waals surface area (Å²) in [6, 6.07) is 8.13. The molecule has 0 radical (unpaired) electrons. The van der Waals surface area contributed by atoms with E-state index in [0.717, 1.165) is 12.1 Å². The maximum Gasteiger partial charge on any atom is 0.291 e. The van der Waals surface area contributed by atoms with Crippen LogP contribution in [0.3, 0.4) is 0 Å². The van der Waals surface area contributed by atoms with Crippen LogP contribution < -0.4 is 18.9 Å². The van der Waals surface area contributed by atoms with Crippen molar-refractivity contribution in [3.05, 3.63) is 55.6 Å². The molecule has 0 saturated carbocycles. The quantitative estimate of drug-likeness (QED) is 0.311. The fourth-order valence-corrected chi connectivity index (χ4v) is 2.55. The van der Waals surface area contributed by atoms with Gasteiger partial charge in [-0.15, -0.1) is 0 Å². The Kier molecular flexibility index (Phi) is 7.52. The minimum absolute atomic E-state index is 0.0994. The molecule has 0 spiro atoms. The molecule has 31 heavy (non-hydrogen) atoms. The lowest BCUT2D eigenvalue weighted by Crippen LogP contribution is -2.07. The molecule has 0 aliphatic carbocycles. The summed E-state index contributed by atoms with van der Waals surface area (Å²) < 4.78 is 21.2. The highest BCUT2D eigenvalue weighted by Crippen LogP contribution is 2.35. The molecule has 0 unspecified atom stereocenters. The molecule has 0 aliphatic rings. The third-order valence-corrected chi connectivity index (χ3v) is 4.00. The van der Waals surface area contributed by atoms with Crippen molar-refractivity contribution in [3.63, 3.8) is 0 Å². The lowest BCUT2D eigenvalue weighted by atomic mass is 10.1. The van der Waals surface area contributed by atoms with Crippen LogP contribution in [0.2, 0.25) is 0 Å². The van der Waals surface area contributed by atoms with Crippen molar-refractivity contribution in [1.29, 1.82) is 10.5 Å². The van der Waals surface area contributed by atoms with Crippen LogP contribution in [0.1, 0.15) is 17.5 Å². The number of benzene rings is 2. The maximum absolute atomic E-state index is 11.0. The third kappa shape index (κ3) is 5.27. The van der Waals surface area contributed by atoms with Gasteiger partial charge in [0.2, 0.25) is 0 Å². The van der Waals surface area contributed by atoms with Crippen LogP contribution in [-0.2, 0) is 0 Å². The minimum Gasteiger partial charge on any atom is -0.493 e. The predicted molar refractivity (Wildman–Crippen MR) is 104 cm³/mol. The molecule has 12 nitrogen and oxygen atoms in total. The molecule has 0 fully saturated rings. The van der Waals surface area contributed by atoms with E-state index in [4.69, 9.17) is 29.5 Å². The fraction of sp³-hybridized carbons (Fsp3) is 0.263. The Balaban J connectivity index is 2.05. The summed E-state index contributed by atoms with van der Waals surface area (Å²) in [6.07, 6.45) is 0.337. The Labute approximate surface area is 176 Å². The molecule has 12 heteroatoms. The largest absolute Gasteiger partial charge is 0.493 e. The van der Waals surface area contributed by atoms with Crippen molar-refractivity contribution < 1.29 is 28.8 Å². The van der Waals surface area contributed by atoms with Crippen molar-refractivity contribution in [3.8, 4) is 35.1 Å². The zero-order valence-electron chi connectivity index (χ0n) is 16.5. The predicted octanol–water partition coefficient (Wildman–Crippen LogP) is 3.11. The van der Waals surface area contributed by atoms with Gasteiger partial charge in [0.15, 0.2) is 23.0 Å². The van der Waals surface area contributed by atoms with Gasteiger partial charge in [0.05, 0.1) is 49.4 Å².